The van der Waals surface area contributed by atoms with Gasteiger partial charge in [-0.15, -0.1) is 0 Å². The second kappa shape index (κ2) is 7.46. The Morgan fingerprint density at radius 1 is 1.21 bits per heavy atom. The first-order chi connectivity index (χ1) is 14.0. The summed E-state index contributed by atoms with van der Waals surface area (Å²) in [6.07, 6.45) is 0.223. The third kappa shape index (κ3) is 3.49. The molecule has 3 amide bonds. The summed E-state index contributed by atoms with van der Waals surface area (Å²) >= 11 is 0. The lowest BCUT2D eigenvalue weighted by atomic mass is 10.0. The summed E-state index contributed by atoms with van der Waals surface area (Å²) in [6, 6.07) is 11.1. The van der Waals surface area contributed by atoms with Gasteiger partial charge < -0.3 is 19.5 Å². The first kappa shape index (κ1) is 18.8. The minimum absolute atomic E-state index is 0.130. The van der Waals surface area contributed by atoms with Crippen molar-refractivity contribution in [2.45, 2.75) is 19.0 Å². The van der Waals surface area contributed by atoms with Gasteiger partial charge in [-0.05, 0) is 29.8 Å². The van der Waals surface area contributed by atoms with E-state index in [2.05, 4.69) is 0 Å². The number of imide groups is 1. The van der Waals surface area contributed by atoms with Crippen molar-refractivity contribution in [3.63, 3.8) is 0 Å². The van der Waals surface area contributed by atoms with Crippen molar-refractivity contribution in [3.05, 3.63) is 59.2 Å². The van der Waals surface area contributed by atoms with Crippen LogP contribution in [0.1, 0.15) is 33.9 Å². The third-order valence-corrected chi connectivity index (χ3v) is 5.24. The number of hydrogen-bond donors (Lipinski definition) is 1. The highest BCUT2D eigenvalue weighted by Gasteiger charge is 2.40. The van der Waals surface area contributed by atoms with Crippen LogP contribution in [-0.4, -0.2) is 53.1 Å². The van der Waals surface area contributed by atoms with E-state index >= 15 is 0 Å². The Morgan fingerprint density at radius 2 is 1.97 bits per heavy atom. The summed E-state index contributed by atoms with van der Waals surface area (Å²) in [5, 5.41) is 9.14. The molecule has 1 unspecified atom stereocenters. The SMILES string of the molecule is COc1ccc(CN2C(=O)CCN(C3COc4cc(C(=O)O)ccc43)C2=O)cc1. The fourth-order valence-electron chi connectivity index (χ4n) is 3.65. The van der Waals surface area contributed by atoms with Gasteiger partial charge in [0.25, 0.3) is 0 Å². The molecule has 1 saturated heterocycles. The van der Waals surface area contributed by atoms with E-state index in [4.69, 9.17) is 14.6 Å². The molecule has 4 rings (SSSR count). The Morgan fingerprint density at radius 3 is 2.66 bits per heavy atom. The van der Waals surface area contributed by atoms with E-state index in [9.17, 15) is 14.4 Å². The molecule has 1 atom stereocenters. The fraction of sp³-hybridized carbons (Fsp3) is 0.286. The number of carbonyl (C=O) groups excluding carboxylic acids is 2. The van der Waals surface area contributed by atoms with Gasteiger partial charge in [0.1, 0.15) is 18.1 Å². The van der Waals surface area contributed by atoms with Crippen molar-refractivity contribution in [2.24, 2.45) is 0 Å². The quantitative estimate of drug-likeness (QED) is 0.835. The van der Waals surface area contributed by atoms with Crippen LogP contribution in [0.3, 0.4) is 0 Å². The first-order valence-electron chi connectivity index (χ1n) is 9.22. The highest BCUT2D eigenvalue weighted by atomic mass is 16.5. The van der Waals surface area contributed by atoms with Crippen LogP contribution in [0.5, 0.6) is 11.5 Å². The number of rotatable bonds is 5. The van der Waals surface area contributed by atoms with Crippen LogP contribution in [-0.2, 0) is 11.3 Å². The molecule has 150 valence electrons. The Balaban J connectivity index is 1.54. The molecule has 2 aliphatic rings. The summed E-state index contributed by atoms with van der Waals surface area (Å²) in [6.45, 7) is 0.705. The van der Waals surface area contributed by atoms with Crippen LogP contribution in [0, 0.1) is 0 Å². The molecule has 2 heterocycles. The van der Waals surface area contributed by atoms with Crippen LogP contribution < -0.4 is 9.47 Å². The Bertz CT molecular complexity index is 972. The number of benzene rings is 2. The van der Waals surface area contributed by atoms with E-state index in [0.29, 0.717) is 18.0 Å². The molecule has 1 N–H and O–H groups in total. The highest BCUT2D eigenvalue weighted by Crippen LogP contribution is 2.38. The number of ether oxygens (including phenoxy) is 2. The lowest BCUT2D eigenvalue weighted by Crippen LogP contribution is -2.53. The molecule has 0 radical (unpaired) electrons. The molecule has 0 saturated carbocycles. The fourth-order valence-corrected chi connectivity index (χ4v) is 3.65. The Hall–Kier alpha value is -3.55. The van der Waals surface area contributed by atoms with Crippen molar-refractivity contribution in [3.8, 4) is 11.5 Å². The Labute approximate surface area is 167 Å². The highest BCUT2D eigenvalue weighted by molar-refractivity contribution is 5.97. The van der Waals surface area contributed by atoms with Crippen molar-refractivity contribution < 1.29 is 29.0 Å². The summed E-state index contributed by atoms with van der Waals surface area (Å²) in [5.41, 5.74) is 1.70. The first-order valence-corrected chi connectivity index (χ1v) is 9.22. The number of hydrogen-bond acceptors (Lipinski definition) is 5. The van der Waals surface area contributed by atoms with E-state index in [0.717, 1.165) is 11.1 Å². The van der Waals surface area contributed by atoms with Crippen molar-refractivity contribution in [1.82, 2.24) is 9.80 Å². The maximum atomic E-state index is 13.1. The van der Waals surface area contributed by atoms with E-state index < -0.39 is 5.97 Å². The number of carboxylic acid groups (broad SMARTS) is 1. The summed E-state index contributed by atoms with van der Waals surface area (Å²) in [5.74, 6) is -0.0963. The molecular weight excluding hydrogens is 376 g/mol. The molecule has 0 bridgehead atoms. The number of methoxy groups -OCH3 is 1. The summed E-state index contributed by atoms with van der Waals surface area (Å²) in [4.78, 5) is 39.5. The van der Waals surface area contributed by atoms with Crippen LogP contribution >= 0.6 is 0 Å². The maximum absolute atomic E-state index is 13.1. The van der Waals surface area contributed by atoms with Crippen molar-refractivity contribution in [1.29, 1.82) is 0 Å². The van der Waals surface area contributed by atoms with Crippen molar-refractivity contribution >= 4 is 17.9 Å². The van der Waals surface area contributed by atoms with E-state index in [1.807, 2.05) is 12.1 Å². The summed E-state index contributed by atoms with van der Waals surface area (Å²) < 4.78 is 10.8. The second-order valence-electron chi connectivity index (χ2n) is 6.94. The molecule has 29 heavy (non-hydrogen) atoms. The van der Waals surface area contributed by atoms with Crippen LogP contribution in [0.25, 0.3) is 0 Å². The van der Waals surface area contributed by atoms with Gasteiger partial charge in [-0.1, -0.05) is 18.2 Å². The topological polar surface area (TPSA) is 96.4 Å². The van der Waals surface area contributed by atoms with Gasteiger partial charge in [0.05, 0.1) is 25.3 Å². The molecule has 0 spiro atoms. The zero-order chi connectivity index (χ0) is 20.5. The van der Waals surface area contributed by atoms with E-state index in [1.54, 1.807) is 30.2 Å². The number of nitrogens with zero attached hydrogens (tertiary/aromatic N) is 2. The molecule has 0 aliphatic carbocycles. The maximum Gasteiger partial charge on any atom is 0.335 e. The number of carboxylic acids is 1. The average Bonchev–Trinajstić information content (AvgIpc) is 3.14. The molecule has 1 fully saturated rings. The van der Waals surface area contributed by atoms with Gasteiger partial charge in [0, 0.05) is 18.5 Å². The predicted octanol–water partition coefficient (Wildman–Crippen LogP) is 2.68. The molecule has 8 heteroatoms. The normalized spacial score (nSPS) is 18.4. The van der Waals surface area contributed by atoms with Gasteiger partial charge >= 0.3 is 12.0 Å². The van der Waals surface area contributed by atoms with Crippen LogP contribution in [0.4, 0.5) is 4.79 Å². The number of urea groups is 1. The van der Waals surface area contributed by atoms with Gasteiger partial charge in [0.15, 0.2) is 0 Å². The largest absolute Gasteiger partial charge is 0.497 e. The monoisotopic (exact) mass is 396 g/mol. The number of fused-ring (bicyclic) bond motifs is 1. The molecule has 2 aromatic carbocycles. The minimum atomic E-state index is -1.04. The zero-order valence-electron chi connectivity index (χ0n) is 15.8. The lowest BCUT2D eigenvalue weighted by Gasteiger charge is -2.37. The van der Waals surface area contributed by atoms with E-state index in [-0.39, 0.29) is 43.1 Å². The number of amides is 3. The molecule has 0 aromatic heterocycles. The number of carbonyl (C=O) groups is 3. The lowest BCUT2D eigenvalue weighted by molar-refractivity contribution is -0.132. The summed E-state index contributed by atoms with van der Waals surface area (Å²) in [7, 11) is 1.57. The molecular formula is C21H20N2O6. The van der Waals surface area contributed by atoms with Crippen molar-refractivity contribution in [2.75, 3.05) is 20.3 Å². The van der Waals surface area contributed by atoms with Crippen LogP contribution in [0.2, 0.25) is 0 Å². The Kier molecular flexibility index (Phi) is 4.84. The smallest absolute Gasteiger partial charge is 0.335 e. The average molecular weight is 396 g/mol. The standard InChI is InChI=1S/C21H20N2O6/c1-28-15-5-2-13(3-6-15)11-23-19(24)8-9-22(21(23)27)17-12-29-18-10-14(20(25)26)4-7-16(17)18/h2-7,10,17H,8-9,11-12H2,1H3,(H,25,26). The minimum Gasteiger partial charge on any atom is -0.497 e. The molecule has 8 nitrogen and oxygen atoms in total. The molecule has 2 aliphatic heterocycles. The van der Waals surface area contributed by atoms with Gasteiger partial charge in [-0.2, -0.15) is 0 Å². The van der Waals surface area contributed by atoms with Gasteiger partial charge in [-0.3, -0.25) is 9.69 Å². The van der Waals surface area contributed by atoms with Crippen LogP contribution in [0.15, 0.2) is 42.5 Å². The molecule has 2 aromatic rings. The third-order valence-electron chi connectivity index (χ3n) is 5.24. The second-order valence-corrected chi connectivity index (χ2v) is 6.94. The zero-order valence-corrected chi connectivity index (χ0v) is 15.8. The van der Waals surface area contributed by atoms with Gasteiger partial charge in [-0.25, -0.2) is 9.59 Å². The number of aromatic carboxylic acids is 1. The predicted molar refractivity (Wildman–Crippen MR) is 102 cm³/mol. The van der Waals surface area contributed by atoms with Gasteiger partial charge in [0.2, 0.25) is 5.91 Å². The van der Waals surface area contributed by atoms with E-state index in [1.165, 1.54) is 17.0 Å².